The first kappa shape index (κ1) is 16.1. The first-order valence-corrected chi connectivity index (χ1v) is 9.83. The highest BCUT2D eigenvalue weighted by Gasteiger charge is 2.28. The number of hydrogen-bond donors (Lipinski definition) is 1. The molecule has 3 rings (SSSR count). The molecule has 5 nitrogen and oxygen atoms in total. The van der Waals surface area contributed by atoms with E-state index < -0.39 is 9.84 Å². The van der Waals surface area contributed by atoms with Crippen LogP contribution in [-0.4, -0.2) is 50.5 Å². The fraction of sp³-hybridized carbons (Fsp3) is 0.471. The van der Waals surface area contributed by atoms with Crippen molar-refractivity contribution in [2.75, 3.05) is 31.1 Å². The minimum Gasteiger partial charge on any atom is -0.338 e. The fourth-order valence-electron chi connectivity index (χ4n) is 3.14. The molecule has 0 aromatic heterocycles. The maximum atomic E-state index is 12.2. The second-order valence-corrected chi connectivity index (χ2v) is 8.48. The van der Waals surface area contributed by atoms with Gasteiger partial charge >= 0.3 is 6.03 Å². The van der Waals surface area contributed by atoms with Crippen molar-refractivity contribution in [3.05, 3.63) is 42.0 Å². The molecule has 2 heterocycles. The van der Waals surface area contributed by atoms with Crippen molar-refractivity contribution in [2.45, 2.75) is 12.8 Å². The number of hydrogen-bond acceptors (Lipinski definition) is 3. The average Bonchev–Trinajstić information content (AvgIpc) is 2.93. The van der Waals surface area contributed by atoms with Crippen molar-refractivity contribution in [2.24, 2.45) is 5.92 Å². The summed E-state index contributed by atoms with van der Waals surface area (Å²) in [6.07, 6.45) is 3.59. The molecule has 0 aliphatic carbocycles. The van der Waals surface area contributed by atoms with Gasteiger partial charge in [-0.1, -0.05) is 36.4 Å². The van der Waals surface area contributed by atoms with Crippen molar-refractivity contribution in [1.29, 1.82) is 0 Å². The summed E-state index contributed by atoms with van der Waals surface area (Å²) in [5, 5.41) is 2.88. The molecule has 1 N–H and O–H groups in total. The van der Waals surface area contributed by atoms with Gasteiger partial charge in [0.25, 0.3) is 0 Å². The van der Waals surface area contributed by atoms with Crippen molar-refractivity contribution in [1.82, 2.24) is 10.2 Å². The monoisotopic (exact) mass is 334 g/mol. The summed E-state index contributed by atoms with van der Waals surface area (Å²) in [6.45, 7) is 1.73. The SMILES string of the molecule is O=C(NC[C@H]1CCS(=O)(=O)C1)N1CC=C(c2ccccc2)CC1. The van der Waals surface area contributed by atoms with Gasteiger partial charge in [-0.25, -0.2) is 13.2 Å². The van der Waals surface area contributed by atoms with E-state index in [4.69, 9.17) is 0 Å². The lowest BCUT2D eigenvalue weighted by molar-refractivity contribution is 0.201. The summed E-state index contributed by atoms with van der Waals surface area (Å²) in [5.41, 5.74) is 2.49. The summed E-state index contributed by atoms with van der Waals surface area (Å²) in [4.78, 5) is 14.0. The zero-order valence-electron chi connectivity index (χ0n) is 13.1. The molecular formula is C17H22N2O3S. The molecule has 124 valence electrons. The second kappa shape index (κ2) is 6.74. The fourth-order valence-corrected chi connectivity index (χ4v) is 5.01. The minimum atomic E-state index is -2.88. The number of sulfone groups is 1. The molecule has 23 heavy (non-hydrogen) atoms. The van der Waals surface area contributed by atoms with E-state index in [1.54, 1.807) is 4.90 Å². The Morgan fingerprint density at radius 1 is 1.26 bits per heavy atom. The van der Waals surface area contributed by atoms with E-state index in [2.05, 4.69) is 23.5 Å². The third-order valence-electron chi connectivity index (χ3n) is 4.51. The quantitative estimate of drug-likeness (QED) is 0.918. The van der Waals surface area contributed by atoms with Gasteiger partial charge in [-0.15, -0.1) is 0 Å². The smallest absolute Gasteiger partial charge is 0.317 e. The molecular weight excluding hydrogens is 312 g/mol. The molecule has 2 amide bonds. The van der Waals surface area contributed by atoms with Crippen molar-refractivity contribution >= 4 is 21.4 Å². The Labute approximate surface area is 137 Å². The summed E-state index contributed by atoms with van der Waals surface area (Å²) in [6, 6.07) is 10.1. The minimum absolute atomic E-state index is 0.0594. The van der Waals surface area contributed by atoms with Crippen molar-refractivity contribution in [3.63, 3.8) is 0 Å². The van der Waals surface area contributed by atoms with Gasteiger partial charge < -0.3 is 10.2 Å². The van der Waals surface area contributed by atoms with E-state index in [1.807, 2.05) is 18.2 Å². The number of nitrogens with one attached hydrogen (secondary N) is 1. The Balaban J connectivity index is 1.49. The van der Waals surface area contributed by atoms with Crippen LogP contribution >= 0.6 is 0 Å². The van der Waals surface area contributed by atoms with Gasteiger partial charge in [-0.2, -0.15) is 0 Å². The Morgan fingerprint density at radius 2 is 2.04 bits per heavy atom. The topological polar surface area (TPSA) is 66.5 Å². The highest BCUT2D eigenvalue weighted by molar-refractivity contribution is 7.91. The van der Waals surface area contributed by atoms with Gasteiger partial charge in [0.1, 0.15) is 0 Å². The van der Waals surface area contributed by atoms with E-state index in [0.29, 0.717) is 26.1 Å². The molecule has 0 saturated carbocycles. The predicted molar refractivity (Wildman–Crippen MR) is 90.8 cm³/mol. The van der Waals surface area contributed by atoms with Crippen LogP contribution in [0.5, 0.6) is 0 Å². The van der Waals surface area contributed by atoms with Gasteiger partial charge in [-0.3, -0.25) is 0 Å². The summed E-state index contributed by atoms with van der Waals surface area (Å²) in [7, 11) is -2.88. The maximum Gasteiger partial charge on any atom is 0.317 e. The van der Waals surface area contributed by atoms with Crippen LogP contribution in [-0.2, 0) is 9.84 Å². The normalized spacial score (nSPS) is 23.4. The standard InChI is InChI=1S/C17H22N2O3S/c20-17(18-12-14-8-11-23(21,22)13-14)19-9-6-16(7-10-19)15-4-2-1-3-5-15/h1-6,14H,7-13H2,(H,18,20)/t14-/m1/s1. The molecule has 1 aromatic rings. The van der Waals surface area contributed by atoms with Crippen LogP contribution in [0.1, 0.15) is 18.4 Å². The highest BCUT2D eigenvalue weighted by atomic mass is 32.2. The summed E-state index contributed by atoms with van der Waals surface area (Å²) >= 11 is 0. The van der Waals surface area contributed by atoms with Gasteiger partial charge in [0.05, 0.1) is 11.5 Å². The molecule has 0 unspecified atom stereocenters. The zero-order valence-corrected chi connectivity index (χ0v) is 13.9. The lowest BCUT2D eigenvalue weighted by Gasteiger charge is -2.27. The molecule has 1 aromatic carbocycles. The second-order valence-electron chi connectivity index (χ2n) is 6.25. The molecule has 2 aliphatic rings. The lowest BCUT2D eigenvalue weighted by Crippen LogP contribution is -2.43. The number of nitrogens with zero attached hydrogens (tertiary/aromatic N) is 1. The molecule has 6 heteroatoms. The van der Waals surface area contributed by atoms with Gasteiger partial charge in [0.2, 0.25) is 0 Å². The number of urea groups is 1. The van der Waals surface area contributed by atoms with Gasteiger partial charge in [0.15, 0.2) is 9.84 Å². The summed E-state index contributed by atoms with van der Waals surface area (Å²) in [5.74, 6) is 0.510. The van der Waals surface area contributed by atoms with E-state index in [0.717, 1.165) is 6.42 Å². The number of rotatable bonds is 3. The van der Waals surface area contributed by atoms with E-state index in [-0.39, 0.29) is 23.5 Å². The van der Waals surface area contributed by atoms with E-state index in [1.165, 1.54) is 11.1 Å². The van der Waals surface area contributed by atoms with Crippen molar-refractivity contribution in [3.8, 4) is 0 Å². The maximum absolute atomic E-state index is 12.2. The predicted octanol–water partition coefficient (Wildman–Crippen LogP) is 1.92. The van der Waals surface area contributed by atoms with Crippen LogP contribution in [0.4, 0.5) is 4.79 Å². The Bertz CT molecular complexity index is 698. The number of carbonyl (C=O) groups excluding carboxylic acids is 1. The first-order valence-electron chi connectivity index (χ1n) is 8.01. The van der Waals surface area contributed by atoms with Crippen LogP contribution in [0.2, 0.25) is 0 Å². The van der Waals surface area contributed by atoms with Crippen molar-refractivity contribution < 1.29 is 13.2 Å². The van der Waals surface area contributed by atoms with E-state index in [9.17, 15) is 13.2 Å². The summed E-state index contributed by atoms with van der Waals surface area (Å²) < 4.78 is 22.9. The average molecular weight is 334 g/mol. The number of benzene rings is 1. The van der Waals surface area contributed by atoms with Crippen LogP contribution in [0.3, 0.4) is 0 Å². The lowest BCUT2D eigenvalue weighted by atomic mass is 10.00. The van der Waals surface area contributed by atoms with Gasteiger partial charge in [-0.05, 0) is 29.9 Å². The highest BCUT2D eigenvalue weighted by Crippen LogP contribution is 2.22. The Hall–Kier alpha value is -1.82. The third kappa shape index (κ3) is 4.13. The zero-order chi connectivity index (χ0) is 16.3. The number of carbonyl (C=O) groups is 1. The van der Waals surface area contributed by atoms with Crippen LogP contribution in [0.25, 0.3) is 5.57 Å². The molecule has 0 radical (unpaired) electrons. The molecule has 1 fully saturated rings. The molecule has 2 aliphatic heterocycles. The molecule has 1 atom stereocenters. The first-order chi connectivity index (χ1) is 11.0. The van der Waals surface area contributed by atoms with Crippen LogP contribution in [0, 0.1) is 5.92 Å². The van der Waals surface area contributed by atoms with Gasteiger partial charge in [0, 0.05) is 19.6 Å². The van der Waals surface area contributed by atoms with E-state index >= 15 is 0 Å². The number of amides is 2. The largest absolute Gasteiger partial charge is 0.338 e. The Kier molecular flexibility index (Phi) is 4.71. The van der Waals surface area contributed by atoms with Crippen LogP contribution in [0.15, 0.2) is 36.4 Å². The molecule has 1 saturated heterocycles. The van der Waals surface area contributed by atoms with Crippen LogP contribution < -0.4 is 5.32 Å². The Morgan fingerprint density at radius 3 is 2.65 bits per heavy atom. The third-order valence-corrected chi connectivity index (χ3v) is 6.35. The molecule has 0 spiro atoms. The molecule has 0 bridgehead atoms.